The van der Waals surface area contributed by atoms with E-state index in [-0.39, 0.29) is 6.10 Å². The number of rotatable bonds is 3. The molecule has 0 spiro atoms. The molecule has 0 saturated heterocycles. The summed E-state index contributed by atoms with van der Waals surface area (Å²) in [5.74, 6) is 1.98. The number of methoxy groups -OCH3 is 1. The summed E-state index contributed by atoms with van der Waals surface area (Å²) in [4.78, 5) is 4.55. The minimum Gasteiger partial charge on any atom is -0.496 e. The van der Waals surface area contributed by atoms with E-state index >= 15 is 0 Å². The summed E-state index contributed by atoms with van der Waals surface area (Å²) >= 11 is 0. The van der Waals surface area contributed by atoms with Gasteiger partial charge in [-0.1, -0.05) is 6.92 Å². The quantitative estimate of drug-likeness (QED) is 0.911. The number of aromatic nitrogens is 1. The van der Waals surface area contributed by atoms with Crippen molar-refractivity contribution in [2.75, 3.05) is 7.11 Å². The van der Waals surface area contributed by atoms with E-state index in [1.165, 1.54) is 0 Å². The Balaban J connectivity index is 2.19. The van der Waals surface area contributed by atoms with Gasteiger partial charge in [0, 0.05) is 23.0 Å². The Morgan fingerprint density at radius 1 is 1.37 bits per heavy atom. The van der Waals surface area contributed by atoms with Crippen LogP contribution in [0.25, 0.3) is 0 Å². The third kappa shape index (κ3) is 3.08. The van der Waals surface area contributed by atoms with Crippen LogP contribution in [0.4, 0.5) is 0 Å². The van der Waals surface area contributed by atoms with Gasteiger partial charge < -0.3 is 9.84 Å². The molecular formula is C16H25NO2. The topological polar surface area (TPSA) is 42.4 Å². The fourth-order valence-corrected chi connectivity index (χ4v) is 3.23. The molecule has 1 aromatic rings. The summed E-state index contributed by atoms with van der Waals surface area (Å²) in [5.41, 5.74) is 3.26. The fraction of sp³-hybridized carbons (Fsp3) is 0.688. The number of hydrogen-bond acceptors (Lipinski definition) is 3. The second-order valence-electron chi connectivity index (χ2n) is 6.00. The van der Waals surface area contributed by atoms with Gasteiger partial charge in [0.1, 0.15) is 5.75 Å². The van der Waals surface area contributed by atoms with Crippen LogP contribution >= 0.6 is 0 Å². The number of nitrogens with zero attached hydrogens (tertiary/aromatic N) is 1. The number of aliphatic hydroxyl groups is 1. The SMILES string of the molecule is COc1c(C)cnc(CC2CC(C)CCC2O)c1C. The number of ether oxygens (including phenoxy) is 1. The predicted octanol–water partition coefficient (Wildman–Crippen LogP) is 3.05. The van der Waals surface area contributed by atoms with Crippen LogP contribution in [0.15, 0.2) is 6.20 Å². The molecule has 1 saturated carbocycles. The Morgan fingerprint density at radius 3 is 2.79 bits per heavy atom. The third-order valence-corrected chi connectivity index (χ3v) is 4.41. The zero-order chi connectivity index (χ0) is 14.0. The first kappa shape index (κ1) is 14.3. The lowest BCUT2D eigenvalue weighted by molar-refractivity contribution is 0.0514. The molecule has 1 aliphatic rings. The molecule has 0 radical (unpaired) electrons. The Morgan fingerprint density at radius 2 is 2.11 bits per heavy atom. The third-order valence-electron chi connectivity index (χ3n) is 4.41. The predicted molar refractivity (Wildman–Crippen MR) is 76.5 cm³/mol. The molecule has 1 fully saturated rings. The van der Waals surface area contributed by atoms with Crippen LogP contribution in [0.3, 0.4) is 0 Å². The van der Waals surface area contributed by atoms with Gasteiger partial charge in [-0.25, -0.2) is 0 Å². The molecule has 1 aromatic heterocycles. The summed E-state index contributed by atoms with van der Waals surface area (Å²) in [6.07, 6.45) is 5.71. The van der Waals surface area contributed by atoms with Gasteiger partial charge in [0.05, 0.1) is 13.2 Å². The van der Waals surface area contributed by atoms with Gasteiger partial charge in [0.15, 0.2) is 0 Å². The molecule has 3 unspecified atom stereocenters. The average Bonchev–Trinajstić information content (AvgIpc) is 2.38. The van der Waals surface area contributed by atoms with Gasteiger partial charge in [-0.3, -0.25) is 4.98 Å². The van der Waals surface area contributed by atoms with E-state index in [1.807, 2.05) is 13.1 Å². The van der Waals surface area contributed by atoms with Crippen molar-refractivity contribution >= 4 is 0 Å². The Labute approximate surface area is 116 Å². The molecule has 3 nitrogen and oxygen atoms in total. The molecule has 3 atom stereocenters. The summed E-state index contributed by atoms with van der Waals surface area (Å²) in [6, 6.07) is 0. The Bertz CT molecular complexity index is 445. The molecular weight excluding hydrogens is 238 g/mol. The lowest BCUT2D eigenvalue weighted by atomic mass is 9.78. The Hall–Kier alpha value is -1.09. The molecule has 1 aliphatic carbocycles. The fourth-order valence-electron chi connectivity index (χ4n) is 3.23. The van der Waals surface area contributed by atoms with E-state index in [0.717, 1.165) is 48.3 Å². The van der Waals surface area contributed by atoms with E-state index in [1.54, 1.807) is 7.11 Å². The molecule has 1 N–H and O–H groups in total. The number of pyridine rings is 1. The molecule has 0 aliphatic heterocycles. The van der Waals surface area contributed by atoms with E-state index in [0.29, 0.717) is 11.8 Å². The first-order chi connectivity index (χ1) is 9.02. The van der Waals surface area contributed by atoms with Gasteiger partial charge in [-0.15, -0.1) is 0 Å². The zero-order valence-electron chi connectivity index (χ0n) is 12.4. The van der Waals surface area contributed by atoms with Crippen LogP contribution in [0.1, 0.15) is 43.0 Å². The van der Waals surface area contributed by atoms with Crippen molar-refractivity contribution in [2.45, 2.75) is 52.6 Å². The normalized spacial score (nSPS) is 27.3. The average molecular weight is 263 g/mol. The van der Waals surface area contributed by atoms with Crippen molar-refractivity contribution in [3.8, 4) is 5.75 Å². The lowest BCUT2D eigenvalue weighted by Crippen LogP contribution is -2.30. The monoisotopic (exact) mass is 263 g/mol. The van der Waals surface area contributed by atoms with E-state index in [9.17, 15) is 5.11 Å². The van der Waals surface area contributed by atoms with Crippen LogP contribution in [-0.4, -0.2) is 23.3 Å². The van der Waals surface area contributed by atoms with Crippen molar-refractivity contribution in [1.82, 2.24) is 4.98 Å². The molecule has 0 amide bonds. The van der Waals surface area contributed by atoms with Gasteiger partial charge in [0.2, 0.25) is 0 Å². The van der Waals surface area contributed by atoms with Gasteiger partial charge >= 0.3 is 0 Å². The van der Waals surface area contributed by atoms with E-state index < -0.39 is 0 Å². The van der Waals surface area contributed by atoms with Crippen LogP contribution in [-0.2, 0) is 6.42 Å². The molecule has 3 heteroatoms. The number of hydrogen-bond donors (Lipinski definition) is 1. The smallest absolute Gasteiger partial charge is 0.128 e. The first-order valence-corrected chi connectivity index (χ1v) is 7.20. The van der Waals surface area contributed by atoms with Gasteiger partial charge in [0.25, 0.3) is 0 Å². The van der Waals surface area contributed by atoms with Crippen LogP contribution in [0.5, 0.6) is 5.75 Å². The largest absolute Gasteiger partial charge is 0.496 e. The number of aliphatic hydroxyl groups excluding tert-OH is 1. The highest BCUT2D eigenvalue weighted by atomic mass is 16.5. The van der Waals surface area contributed by atoms with Gasteiger partial charge in [-0.05, 0) is 51.4 Å². The maximum atomic E-state index is 10.2. The van der Waals surface area contributed by atoms with Crippen molar-refractivity contribution in [1.29, 1.82) is 0 Å². The highest BCUT2D eigenvalue weighted by Crippen LogP contribution is 2.33. The van der Waals surface area contributed by atoms with E-state index in [4.69, 9.17) is 4.74 Å². The maximum Gasteiger partial charge on any atom is 0.128 e. The summed E-state index contributed by atoms with van der Waals surface area (Å²) in [5, 5.41) is 10.2. The van der Waals surface area contributed by atoms with Crippen LogP contribution < -0.4 is 4.74 Å². The zero-order valence-corrected chi connectivity index (χ0v) is 12.4. The summed E-state index contributed by atoms with van der Waals surface area (Å²) < 4.78 is 5.45. The molecule has 19 heavy (non-hydrogen) atoms. The standard InChI is InChI=1S/C16H25NO2/c1-10-5-6-15(18)13(7-10)8-14-12(3)16(19-4)11(2)9-17-14/h9-10,13,15,18H,5-8H2,1-4H3. The van der Waals surface area contributed by atoms with E-state index in [2.05, 4.69) is 18.8 Å². The highest BCUT2D eigenvalue weighted by Gasteiger charge is 2.28. The van der Waals surface area contributed by atoms with Crippen molar-refractivity contribution < 1.29 is 9.84 Å². The highest BCUT2D eigenvalue weighted by molar-refractivity contribution is 5.41. The molecule has 0 bridgehead atoms. The summed E-state index contributed by atoms with van der Waals surface area (Å²) in [6.45, 7) is 6.35. The molecule has 1 heterocycles. The van der Waals surface area contributed by atoms with Crippen LogP contribution in [0.2, 0.25) is 0 Å². The minimum absolute atomic E-state index is 0.176. The van der Waals surface area contributed by atoms with Crippen molar-refractivity contribution in [3.63, 3.8) is 0 Å². The molecule has 106 valence electrons. The van der Waals surface area contributed by atoms with Crippen LogP contribution in [0, 0.1) is 25.7 Å². The van der Waals surface area contributed by atoms with Crippen molar-refractivity contribution in [2.24, 2.45) is 11.8 Å². The minimum atomic E-state index is -0.176. The maximum absolute atomic E-state index is 10.2. The lowest BCUT2D eigenvalue weighted by Gasteiger charge is -2.31. The van der Waals surface area contributed by atoms with Gasteiger partial charge in [-0.2, -0.15) is 0 Å². The Kier molecular flexibility index (Phi) is 4.46. The first-order valence-electron chi connectivity index (χ1n) is 7.20. The number of aryl methyl sites for hydroxylation is 1. The van der Waals surface area contributed by atoms with Crippen molar-refractivity contribution in [3.05, 3.63) is 23.0 Å². The second-order valence-corrected chi connectivity index (χ2v) is 6.00. The summed E-state index contributed by atoms with van der Waals surface area (Å²) in [7, 11) is 1.71. The molecule has 2 rings (SSSR count). The molecule has 0 aromatic carbocycles. The second kappa shape index (κ2) is 5.91.